The lowest BCUT2D eigenvalue weighted by Gasteiger charge is -2.10. The van der Waals surface area contributed by atoms with Gasteiger partial charge in [-0.15, -0.1) is 5.10 Å². The molecule has 0 aromatic carbocycles. The summed E-state index contributed by atoms with van der Waals surface area (Å²) in [5, 5.41) is 21.3. The minimum Gasteiger partial charge on any atom is -0.362 e. The Labute approximate surface area is 127 Å². The normalized spacial score (nSPS) is 10.4. The van der Waals surface area contributed by atoms with Gasteiger partial charge in [0.1, 0.15) is 16.8 Å². The van der Waals surface area contributed by atoms with Crippen molar-refractivity contribution in [1.29, 1.82) is 5.26 Å². The zero-order valence-corrected chi connectivity index (χ0v) is 12.8. The predicted octanol–water partition coefficient (Wildman–Crippen LogP) is 3.22. The summed E-state index contributed by atoms with van der Waals surface area (Å²) in [7, 11) is 1.82. The first-order valence-corrected chi connectivity index (χ1v) is 6.68. The van der Waals surface area contributed by atoms with Gasteiger partial charge in [-0.2, -0.15) is 10.4 Å². The van der Waals surface area contributed by atoms with Gasteiger partial charge in [0.05, 0.1) is 17.3 Å². The van der Waals surface area contributed by atoms with Crippen LogP contribution in [0.15, 0.2) is 6.07 Å². The van der Waals surface area contributed by atoms with E-state index >= 15 is 0 Å². The van der Waals surface area contributed by atoms with Crippen LogP contribution in [0.25, 0.3) is 0 Å². The van der Waals surface area contributed by atoms with E-state index in [0.717, 1.165) is 17.0 Å². The molecular formula is C13H13Cl2N5. The molecule has 2 aromatic rings. The Bertz CT molecular complexity index is 700. The number of aryl methyl sites for hydroxylation is 1. The van der Waals surface area contributed by atoms with E-state index in [1.54, 1.807) is 10.6 Å². The van der Waals surface area contributed by atoms with Gasteiger partial charge in [-0.1, -0.05) is 23.2 Å². The highest BCUT2D eigenvalue weighted by molar-refractivity contribution is 6.41. The number of nitrogens with one attached hydrogen (secondary N) is 1. The van der Waals surface area contributed by atoms with Gasteiger partial charge >= 0.3 is 0 Å². The van der Waals surface area contributed by atoms with Crippen LogP contribution in [0.2, 0.25) is 10.2 Å². The van der Waals surface area contributed by atoms with E-state index in [1.165, 1.54) is 0 Å². The second-order valence-corrected chi connectivity index (χ2v) is 5.20. The average Bonchev–Trinajstić information content (AvgIpc) is 2.67. The SMILES string of the molecule is Cc1nnc(NCc2cc(Cl)c(Cl)n2C)c(C#N)c1C. The molecule has 0 spiro atoms. The van der Waals surface area contributed by atoms with Crippen LogP contribution in [0.3, 0.4) is 0 Å². The molecule has 0 radical (unpaired) electrons. The molecule has 0 aliphatic heterocycles. The summed E-state index contributed by atoms with van der Waals surface area (Å²) in [5.74, 6) is 0.462. The zero-order valence-electron chi connectivity index (χ0n) is 11.3. The molecule has 0 saturated heterocycles. The molecule has 20 heavy (non-hydrogen) atoms. The Hall–Kier alpha value is -1.77. The Morgan fingerprint density at radius 1 is 1.35 bits per heavy atom. The number of nitrogens with zero attached hydrogens (tertiary/aromatic N) is 4. The fourth-order valence-electron chi connectivity index (χ4n) is 1.80. The maximum absolute atomic E-state index is 9.22. The minimum absolute atomic E-state index is 0.453. The highest BCUT2D eigenvalue weighted by Gasteiger charge is 2.13. The van der Waals surface area contributed by atoms with Crippen molar-refractivity contribution in [2.75, 3.05) is 5.32 Å². The van der Waals surface area contributed by atoms with Gasteiger partial charge in [0, 0.05) is 12.7 Å². The molecule has 0 fully saturated rings. The highest BCUT2D eigenvalue weighted by Crippen LogP contribution is 2.26. The molecular weight excluding hydrogens is 297 g/mol. The maximum Gasteiger partial charge on any atom is 0.167 e. The number of rotatable bonds is 3. The fourth-order valence-corrected chi connectivity index (χ4v) is 2.22. The van der Waals surface area contributed by atoms with E-state index in [1.807, 2.05) is 20.9 Å². The number of aromatic nitrogens is 3. The molecule has 0 amide bonds. The summed E-state index contributed by atoms with van der Waals surface area (Å²) in [4.78, 5) is 0. The quantitative estimate of drug-likeness (QED) is 0.945. The van der Waals surface area contributed by atoms with Crippen molar-refractivity contribution in [3.05, 3.63) is 38.8 Å². The second-order valence-electron chi connectivity index (χ2n) is 4.43. The van der Waals surface area contributed by atoms with E-state index in [4.69, 9.17) is 23.2 Å². The molecule has 0 aliphatic rings. The molecule has 5 nitrogen and oxygen atoms in total. The molecule has 2 rings (SSSR count). The van der Waals surface area contributed by atoms with Crippen molar-refractivity contribution in [3.63, 3.8) is 0 Å². The van der Waals surface area contributed by atoms with Crippen molar-refractivity contribution in [1.82, 2.24) is 14.8 Å². The molecule has 1 N–H and O–H groups in total. The Morgan fingerprint density at radius 3 is 2.60 bits per heavy atom. The summed E-state index contributed by atoms with van der Waals surface area (Å²) in [6, 6.07) is 3.92. The van der Waals surface area contributed by atoms with Crippen LogP contribution >= 0.6 is 23.2 Å². The van der Waals surface area contributed by atoms with Gasteiger partial charge in [0.15, 0.2) is 5.82 Å². The molecule has 0 unspecified atom stereocenters. The number of halogens is 2. The number of hydrogen-bond acceptors (Lipinski definition) is 4. The standard InChI is InChI=1S/C13H13Cl2N5/c1-7-8(2)18-19-13(10(7)5-16)17-6-9-4-11(14)12(15)20(9)3/h4H,6H2,1-3H3,(H,17,19). The third-order valence-electron chi connectivity index (χ3n) is 3.22. The molecule has 104 valence electrons. The first-order valence-electron chi connectivity index (χ1n) is 5.93. The van der Waals surface area contributed by atoms with Gasteiger partial charge in [-0.3, -0.25) is 0 Å². The molecule has 7 heteroatoms. The molecule has 0 aliphatic carbocycles. The van der Waals surface area contributed by atoms with Crippen LogP contribution in [0.4, 0.5) is 5.82 Å². The smallest absolute Gasteiger partial charge is 0.167 e. The lowest BCUT2D eigenvalue weighted by molar-refractivity contribution is 0.835. The third kappa shape index (κ3) is 2.58. The van der Waals surface area contributed by atoms with Gasteiger partial charge < -0.3 is 9.88 Å². The number of anilines is 1. The third-order valence-corrected chi connectivity index (χ3v) is 4.06. The van der Waals surface area contributed by atoms with Crippen LogP contribution in [0, 0.1) is 25.2 Å². The Kier molecular flexibility index (Phi) is 4.17. The van der Waals surface area contributed by atoms with Crippen LogP contribution in [-0.4, -0.2) is 14.8 Å². The monoisotopic (exact) mass is 309 g/mol. The Balaban J connectivity index is 2.26. The van der Waals surface area contributed by atoms with Crippen LogP contribution < -0.4 is 5.32 Å². The topological polar surface area (TPSA) is 66.5 Å². The van der Waals surface area contributed by atoms with Crippen molar-refractivity contribution in [2.45, 2.75) is 20.4 Å². The average molecular weight is 310 g/mol. The minimum atomic E-state index is 0.453. The first kappa shape index (κ1) is 14.6. The largest absolute Gasteiger partial charge is 0.362 e. The van der Waals surface area contributed by atoms with Gasteiger partial charge in [0.2, 0.25) is 0 Å². The summed E-state index contributed by atoms with van der Waals surface area (Å²) in [5.41, 5.74) is 2.97. The predicted molar refractivity (Wildman–Crippen MR) is 79.0 cm³/mol. The highest BCUT2D eigenvalue weighted by atomic mass is 35.5. The van der Waals surface area contributed by atoms with Crippen molar-refractivity contribution >= 4 is 29.0 Å². The first-order chi connectivity index (χ1) is 9.45. The summed E-state index contributed by atoms with van der Waals surface area (Å²) >= 11 is 12.0. The summed E-state index contributed by atoms with van der Waals surface area (Å²) in [6.45, 7) is 4.13. The van der Waals surface area contributed by atoms with E-state index in [2.05, 4.69) is 21.6 Å². The van der Waals surface area contributed by atoms with Crippen LogP contribution in [0.5, 0.6) is 0 Å². The van der Waals surface area contributed by atoms with Gasteiger partial charge in [-0.05, 0) is 25.5 Å². The zero-order chi connectivity index (χ0) is 14.9. The van der Waals surface area contributed by atoms with Crippen molar-refractivity contribution < 1.29 is 0 Å². The van der Waals surface area contributed by atoms with Crippen molar-refractivity contribution in [2.24, 2.45) is 7.05 Å². The fraction of sp³-hybridized carbons (Fsp3) is 0.308. The van der Waals surface area contributed by atoms with E-state index in [-0.39, 0.29) is 0 Å². The molecule has 0 atom stereocenters. The summed E-state index contributed by atoms with van der Waals surface area (Å²) < 4.78 is 1.78. The molecule has 0 saturated carbocycles. The van der Waals surface area contributed by atoms with E-state index in [0.29, 0.717) is 28.1 Å². The second kappa shape index (κ2) is 5.70. The van der Waals surface area contributed by atoms with E-state index < -0.39 is 0 Å². The van der Waals surface area contributed by atoms with Crippen LogP contribution in [-0.2, 0) is 13.6 Å². The molecule has 2 aromatic heterocycles. The van der Waals surface area contributed by atoms with Gasteiger partial charge in [-0.25, -0.2) is 0 Å². The van der Waals surface area contributed by atoms with E-state index in [9.17, 15) is 5.26 Å². The number of hydrogen-bond donors (Lipinski definition) is 1. The Morgan fingerprint density at radius 2 is 2.05 bits per heavy atom. The molecule has 0 bridgehead atoms. The number of nitriles is 1. The van der Waals surface area contributed by atoms with Crippen LogP contribution in [0.1, 0.15) is 22.5 Å². The maximum atomic E-state index is 9.22. The summed E-state index contributed by atoms with van der Waals surface area (Å²) in [6.07, 6.45) is 0. The lowest BCUT2D eigenvalue weighted by Crippen LogP contribution is -2.09. The molecule has 2 heterocycles. The lowest BCUT2D eigenvalue weighted by atomic mass is 10.1. The van der Waals surface area contributed by atoms with Crippen molar-refractivity contribution in [3.8, 4) is 6.07 Å². The van der Waals surface area contributed by atoms with Gasteiger partial charge in [0.25, 0.3) is 0 Å².